The van der Waals surface area contributed by atoms with Gasteiger partial charge < -0.3 is 15.0 Å². The Morgan fingerprint density at radius 2 is 2.33 bits per heavy atom. The molecule has 2 aliphatic heterocycles. The molecule has 1 fully saturated rings. The zero-order valence-electron chi connectivity index (χ0n) is 10.8. The van der Waals surface area contributed by atoms with E-state index in [0.717, 1.165) is 30.1 Å². The van der Waals surface area contributed by atoms with Gasteiger partial charge in [0.05, 0.1) is 12.3 Å². The van der Waals surface area contributed by atoms with Crippen molar-refractivity contribution in [2.45, 2.75) is 26.3 Å². The van der Waals surface area contributed by atoms with Crippen LogP contribution < -0.4 is 15.0 Å². The molecule has 0 radical (unpaired) electrons. The van der Waals surface area contributed by atoms with Gasteiger partial charge in [0.25, 0.3) is 0 Å². The number of carbonyl (C=O) groups excluding carboxylic acids is 1. The Kier molecular flexibility index (Phi) is 2.65. The lowest BCUT2D eigenvalue weighted by atomic mass is 10.00. The highest BCUT2D eigenvalue weighted by molar-refractivity contribution is 6.05. The van der Waals surface area contributed by atoms with Gasteiger partial charge in [-0.15, -0.1) is 0 Å². The van der Waals surface area contributed by atoms with E-state index in [9.17, 15) is 4.79 Å². The number of fused-ring (bicyclic) bond motifs is 3. The second kappa shape index (κ2) is 4.19. The maximum Gasteiger partial charge on any atom is 0.247 e. The van der Waals surface area contributed by atoms with Crippen LogP contribution in [0.1, 0.15) is 20.3 Å². The number of hydrogen-bond donors (Lipinski definition) is 1. The molecule has 0 spiro atoms. The van der Waals surface area contributed by atoms with Crippen LogP contribution >= 0.6 is 0 Å². The minimum Gasteiger partial charge on any atom is -0.492 e. The summed E-state index contributed by atoms with van der Waals surface area (Å²) in [5, 5.41) is 3.01. The van der Waals surface area contributed by atoms with Crippen LogP contribution in [-0.4, -0.2) is 25.1 Å². The Labute approximate surface area is 107 Å². The van der Waals surface area contributed by atoms with Crippen LogP contribution in [-0.2, 0) is 4.79 Å². The number of anilines is 2. The number of nitrogens with zero attached hydrogens (tertiary/aromatic N) is 1. The fourth-order valence-corrected chi connectivity index (χ4v) is 2.97. The van der Waals surface area contributed by atoms with E-state index in [1.165, 1.54) is 0 Å². The zero-order chi connectivity index (χ0) is 12.7. The average molecular weight is 246 g/mol. The SMILES string of the molecule is CCOc1cccc2c1NC(=O)C1C(C)CCN21. The number of amides is 1. The van der Waals surface area contributed by atoms with E-state index in [-0.39, 0.29) is 11.9 Å². The molecule has 2 heterocycles. The summed E-state index contributed by atoms with van der Waals surface area (Å²) in [6, 6.07) is 5.93. The second-order valence-electron chi connectivity index (χ2n) is 4.98. The lowest BCUT2D eigenvalue weighted by Gasteiger charge is -2.35. The normalized spacial score (nSPS) is 25.4. The van der Waals surface area contributed by atoms with Crippen molar-refractivity contribution in [1.82, 2.24) is 0 Å². The standard InChI is InChI=1S/C14H18N2O2/c1-3-18-11-6-4-5-10-12(11)15-14(17)13-9(2)7-8-16(10)13/h4-6,9,13H,3,7-8H2,1-2H3,(H,15,17). The van der Waals surface area contributed by atoms with Crippen LogP contribution in [0, 0.1) is 5.92 Å². The average Bonchev–Trinajstić information content (AvgIpc) is 2.74. The summed E-state index contributed by atoms with van der Waals surface area (Å²) in [5.41, 5.74) is 1.92. The molecule has 2 aliphatic rings. The number of rotatable bonds is 2. The highest BCUT2D eigenvalue weighted by atomic mass is 16.5. The van der Waals surface area contributed by atoms with Gasteiger partial charge in [-0.1, -0.05) is 13.0 Å². The molecule has 2 atom stereocenters. The van der Waals surface area contributed by atoms with Crippen LogP contribution in [0.15, 0.2) is 18.2 Å². The maximum absolute atomic E-state index is 12.2. The molecule has 4 heteroatoms. The summed E-state index contributed by atoms with van der Waals surface area (Å²) in [4.78, 5) is 14.4. The minimum atomic E-state index is -0.0191. The monoisotopic (exact) mass is 246 g/mol. The lowest BCUT2D eigenvalue weighted by Crippen LogP contribution is -2.46. The molecule has 0 bridgehead atoms. The summed E-state index contributed by atoms with van der Waals surface area (Å²) in [6.07, 6.45) is 1.07. The molecule has 1 amide bonds. The topological polar surface area (TPSA) is 41.6 Å². The second-order valence-corrected chi connectivity index (χ2v) is 4.98. The molecule has 0 aromatic heterocycles. The number of para-hydroxylation sites is 1. The Morgan fingerprint density at radius 3 is 3.11 bits per heavy atom. The van der Waals surface area contributed by atoms with Gasteiger partial charge >= 0.3 is 0 Å². The van der Waals surface area contributed by atoms with Crippen molar-refractivity contribution in [3.63, 3.8) is 0 Å². The summed E-state index contributed by atoms with van der Waals surface area (Å²) in [6.45, 7) is 5.64. The number of hydrogen-bond acceptors (Lipinski definition) is 3. The van der Waals surface area contributed by atoms with E-state index >= 15 is 0 Å². The summed E-state index contributed by atoms with van der Waals surface area (Å²) >= 11 is 0. The number of nitrogens with one attached hydrogen (secondary N) is 1. The van der Waals surface area contributed by atoms with Crippen molar-refractivity contribution in [1.29, 1.82) is 0 Å². The highest BCUT2D eigenvalue weighted by Gasteiger charge is 2.41. The van der Waals surface area contributed by atoms with Gasteiger partial charge in [-0.05, 0) is 31.4 Å². The summed E-state index contributed by atoms with van der Waals surface area (Å²) in [7, 11) is 0. The predicted molar refractivity (Wildman–Crippen MR) is 71.2 cm³/mol. The Bertz CT molecular complexity index is 487. The molecule has 1 aromatic rings. The van der Waals surface area contributed by atoms with E-state index in [0.29, 0.717) is 12.5 Å². The van der Waals surface area contributed by atoms with Crippen LogP contribution in [0.5, 0.6) is 5.75 Å². The molecule has 0 aliphatic carbocycles. The fourth-order valence-electron chi connectivity index (χ4n) is 2.97. The Morgan fingerprint density at radius 1 is 1.50 bits per heavy atom. The van der Waals surface area contributed by atoms with Gasteiger partial charge in [-0.2, -0.15) is 0 Å². The number of ether oxygens (including phenoxy) is 1. The van der Waals surface area contributed by atoms with Gasteiger partial charge in [0.1, 0.15) is 17.5 Å². The molecular formula is C14H18N2O2. The van der Waals surface area contributed by atoms with E-state index < -0.39 is 0 Å². The molecule has 0 saturated carbocycles. The third-order valence-electron chi connectivity index (χ3n) is 3.83. The smallest absolute Gasteiger partial charge is 0.247 e. The van der Waals surface area contributed by atoms with E-state index in [2.05, 4.69) is 23.2 Å². The first-order valence-electron chi connectivity index (χ1n) is 6.55. The predicted octanol–water partition coefficient (Wildman–Crippen LogP) is 2.25. The number of benzene rings is 1. The maximum atomic E-state index is 12.2. The van der Waals surface area contributed by atoms with Crippen molar-refractivity contribution in [3.05, 3.63) is 18.2 Å². The zero-order valence-corrected chi connectivity index (χ0v) is 10.8. The van der Waals surface area contributed by atoms with Gasteiger partial charge in [0, 0.05) is 6.54 Å². The first kappa shape index (κ1) is 11.4. The molecule has 4 nitrogen and oxygen atoms in total. The molecule has 3 rings (SSSR count). The van der Waals surface area contributed by atoms with Gasteiger partial charge in [0.2, 0.25) is 5.91 Å². The van der Waals surface area contributed by atoms with Crippen LogP contribution in [0.4, 0.5) is 11.4 Å². The van der Waals surface area contributed by atoms with Crippen LogP contribution in [0.25, 0.3) is 0 Å². The Balaban J connectivity index is 2.06. The van der Waals surface area contributed by atoms with E-state index in [4.69, 9.17) is 4.74 Å². The molecular weight excluding hydrogens is 228 g/mol. The van der Waals surface area contributed by atoms with Crippen LogP contribution in [0.3, 0.4) is 0 Å². The highest BCUT2D eigenvalue weighted by Crippen LogP contribution is 2.43. The van der Waals surface area contributed by atoms with Crippen molar-refractivity contribution in [2.24, 2.45) is 5.92 Å². The van der Waals surface area contributed by atoms with Crippen molar-refractivity contribution < 1.29 is 9.53 Å². The third-order valence-corrected chi connectivity index (χ3v) is 3.83. The van der Waals surface area contributed by atoms with Gasteiger partial charge in [-0.25, -0.2) is 0 Å². The minimum absolute atomic E-state index is 0.0191. The van der Waals surface area contributed by atoms with Crippen molar-refractivity contribution in [2.75, 3.05) is 23.4 Å². The molecule has 1 aromatic carbocycles. The first-order chi connectivity index (χ1) is 8.72. The molecule has 1 saturated heterocycles. The molecule has 96 valence electrons. The van der Waals surface area contributed by atoms with Gasteiger partial charge in [0.15, 0.2) is 0 Å². The molecule has 2 unspecified atom stereocenters. The van der Waals surface area contributed by atoms with E-state index in [1.807, 2.05) is 19.1 Å². The van der Waals surface area contributed by atoms with Gasteiger partial charge in [-0.3, -0.25) is 4.79 Å². The third kappa shape index (κ3) is 1.55. The van der Waals surface area contributed by atoms with E-state index in [1.54, 1.807) is 0 Å². The summed E-state index contributed by atoms with van der Waals surface area (Å²) < 4.78 is 5.59. The van der Waals surface area contributed by atoms with Crippen LogP contribution in [0.2, 0.25) is 0 Å². The number of carbonyl (C=O) groups is 1. The molecule has 18 heavy (non-hydrogen) atoms. The fraction of sp³-hybridized carbons (Fsp3) is 0.500. The summed E-state index contributed by atoms with van der Waals surface area (Å²) in [5.74, 6) is 1.27. The largest absolute Gasteiger partial charge is 0.492 e. The lowest BCUT2D eigenvalue weighted by molar-refractivity contribution is -0.118. The Hall–Kier alpha value is -1.71. The molecule has 1 N–H and O–H groups in total. The van der Waals surface area contributed by atoms with Crippen molar-refractivity contribution >= 4 is 17.3 Å². The quantitative estimate of drug-likeness (QED) is 0.870. The van der Waals surface area contributed by atoms with Crippen molar-refractivity contribution in [3.8, 4) is 5.75 Å². The first-order valence-corrected chi connectivity index (χ1v) is 6.55.